The summed E-state index contributed by atoms with van der Waals surface area (Å²) in [7, 11) is -2.94. The summed E-state index contributed by atoms with van der Waals surface area (Å²) in [5.41, 5.74) is 1.55. The van der Waals surface area contributed by atoms with Gasteiger partial charge in [-0.3, -0.25) is 0 Å². The Morgan fingerprint density at radius 3 is 2.29 bits per heavy atom. The topological polar surface area (TPSA) is 34.1 Å². The van der Waals surface area contributed by atoms with Crippen LogP contribution in [0.25, 0.3) is 5.57 Å². The Bertz CT molecular complexity index is 471. The Kier molecular flexibility index (Phi) is 2.15. The second kappa shape index (κ2) is 3.20. The first-order valence-corrected chi connectivity index (χ1v) is 6.04. The number of sulfone groups is 1. The zero-order chi connectivity index (χ0) is 10.2. The van der Waals surface area contributed by atoms with Gasteiger partial charge < -0.3 is 0 Å². The lowest BCUT2D eigenvalue weighted by Gasteiger charge is -2.00. The van der Waals surface area contributed by atoms with Crippen LogP contribution in [-0.2, 0) is 9.84 Å². The average Bonchev–Trinajstić information content (AvgIpc) is 2.47. The summed E-state index contributed by atoms with van der Waals surface area (Å²) in [6.45, 7) is 0. The number of rotatable bonds is 1. The van der Waals surface area contributed by atoms with E-state index in [0.717, 1.165) is 11.1 Å². The lowest BCUT2D eigenvalue weighted by Crippen LogP contribution is -2.02. The standard InChI is InChI=1S/C10H9FO2S/c11-10-3-1-8(2-4-10)9-5-6-14(12,13)7-9/h1-5H,6-7H2. The van der Waals surface area contributed by atoms with Crippen molar-refractivity contribution < 1.29 is 12.8 Å². The zero-order valence-corrected chi connectivity index (χ0v) is 8.22. The highest BCUT2D eigenvalue weighted by Gasteiger charge is 2.20. The van der Waals surface area contributed by atoms with Crippen molar-refractivity contribution in [2.45, 2.75) is 0 Å². The van der Waals surface area contributed by atoms with Gasteiger partial charge >= 0.3 is 0 Å². The van der Waals surface area contributed by atoms with Gasteiger partial charge in [-0.1, -0.05) is 18.2 Å². The third-order valence-electron chi connectivity index (χ3n) is 2.17. The van der Waals surface area contributed by atoms with E-state index in [9.17, 15) is 12.8 Å². The summed E-state index contributed by atoms with van der Waals surface area (Å²) in [4.78, 5) is 0. The van der Waals surface area contributed by atoms with Crippen molar-refractivity contribution >= 4 is 15.4 Å². The fraction of sp³-hybridized carbons (Fsp3) is 0.200. The van der Waals surface area contributed by atoms with E-state index in [4.69, 9.17) is 0 Å². The van der Waals surface area contributed by atoms with Gasteiger partial charge in [-0.05, 0) is 23.3 Å². The summed E-state index contributed by atoms with van der Waals surface area (Å²) >= 11 is 0. The van der Waals surface area contributed by atoms with Gasteiger partial charge in [-0.15, -0.1) is 0 Å². The molecule has 4 heteroatoms. The van der Waals surface area contributed by atoms with E-state index in [1.807, 2.05) is 0 Å². The molecule has 1 aromatic rings. The van der Waals surface area contributed by atoms with Crippen molar-refractivity contribution in [1.29, 1.82) is 0 Å². The molecule has 1 aliphatic heterocycles. The first-order chi connectivity index (χ1) is 6.57. The van der Waals surface area contributed by atoms with Gasteiger partial charge in [0.15, 0.2) is 9.84 Å². The van der Waals surface area contributed by atoms with Gasteiger partial charge in [0, 0.05) is 0 Å². The number of hydrogen-bond donors (Lipinski definition) is 0. The summed E-state index contributed by atoms with van der Waals surface area (Å²) in [6.07, 6.45) is 1.68. The number of hydrogen-bond acceptors (Lipinski definition) is 2. The van der Waals surface area contributed by atoms with Gasteiger partial charge in [0.2, 0.25) is 0 Å². The molecule has 2 nitrogen and oxygen atoms in total. The Morgan fingerprint density at radius 1 is 1.14 bits per heavy atom. The van der Waals surface area contributed by atoms with Crippen molar-refractivity contribution in [2.24, 2.45) is 0 Å². The Balaban J connectivity index is 2.30. The molecule has 0 amide bonds. The molecule has 0 aliphatic carbocycles. The van der Waals surface area contributed by atoms with Crippen LogP contribution in [0.2, 0.25) is 0 Å². The monoisotopic (exact) mass is 212 g/mol. The summed E-state index contributed by atoms with van der Waals surface area (Å²) in [5.74, 6) is -0.145. The van der Waals surface area contributed by atoms with Gasteiger partial charge in [-0.25, -0.2) is 12.8 Å². The van der Waals surface area contributed by atoms with Crippen molar-refractivity contribution in [3.63, 3.8) is 0 Å². The molecule has 0 unspecified atom stereocenters. The third-order valence-corrected chi connectivity index (χ3v) is 3.60. The largest absolute Gasteiger partial charge is 0.228 e. The maximum Gasteiger partial charge on any atom is 0.158 e. The predicted molar refractivity (Wildman–Crippen MR) is 53.0 cm³/mol. The number of benzene rings is 1. The molecule has 1 aromatic carbocycles. The first kappa shape index (κ1) is 9.40. The predicted octanol–water partition coefficient (Wildman–Crippen LogP) is 1.64. The Hall–Kier alpha value is -1.16. The lowest BCUT2D eigenvalue weighted by atomic mass is 10.1. The van der Waals surface area contributed by atoms with Crippen LogP contribution in [0, 0.1) is 5.82 Å². The van der Waals surface area contributed by atoms with Crippen molar-refractivity contribution in [3.8, 4) is 0 Å². The van der Waals surface area contributed by atoms with Crippen molar-refractivity contribution in [1.82, 2.24) is 0 Å². The van der Waals surface area contributed by atoms with E-state index >= 15 is 0 Å². The minimum absolute atomic E-state index is 0.0681. The summed E-state index contributed by atoms with van der Waals surface area (Å²) < 4.78 is 34.9. The molecular formula is C10H9FO2S. The van der Waals surface area contributed by atoms with E-state index in [1.165, 1.54) is 12.1 Å². The zero-order valence-electron chi connectivity index (χ0n) is 7.40. The molecule has 0 atom stereocenters. The molecule has 0 aromatic heterocycles. The molecule has 0 N–H and O–H groups in total. The van der Waals surface area contributed by atoms with Gasteiger partial charge in [0.05, 0.1) is 11.5 Å². The van der Waals surface area contributed by atoms with Crippen LogP contribution in [0.5, 0.6) is 0 Å². The maximum absolute atomic E-state index is 12.6. The molecule has 0 spiro atoms. The third kappa shape index (κ3) is 1.85. The summed E-state index contributed by atoms with van der Waals surface area (Å²) in [5, 5.41) is 0. The normalized spacial score (nSPS) is 19.4. The molecule has 74 valence electrons. The molecule has 0 bridgehead atoms. The van der Waals surface area contributed by atoms with Crippen LogP contribution in [-0.4, -0.2) is 19.9 Å². The van der Waals surface area contributed by atoms with Crippen molar-refractivity contribution in [3.05, 3.63) is 41.7 Å². The van der Waals surface area contributed by atoms with Crippen LogP contribution in [0.4, 0.5) is 4.39 Å². The highest BCUT2D eigenvalue weighted by atomic mass is 32.2. The smallest absolute Gasteiger partial charge is 0.158 e. The quantitative estimate of drug-likeness (QED) is 0.709. The van der Waals surface area contributed by atoms with E-state index < -0.39 is 9.84 Å². The van der Waals surface area contributed by atoms with E-state index in [2.05, 4.69) is 0 Å². The molecule has 0 saturated heterocycles. The SMILES string of the molecule is O=S1(=O)CC=C(c2ccc(F)cc2)C1. The summed E-state index contributed by atoms with van der Waals surface area (Å²) in [6, 6.07) is 5.87. The number of halogens is 1. The molecule has 0 saturated carbocycles. The minimum Gasteiger partial charge on any atom is -0.228 e. The molecular weight excluding hydrogens is 203 g/mol. The fourth-order valence-electron chi connectivity index (χ4n) is 1.45. The van der Waals surface area contributed by atoms with E-state index in [0.29, 0.717) is 0 Å². The second-order valence-corrected chi connectivity index (χ2v) is 5.40. The molecule has 1 aliphatic rings. The average molecular weight is 212 g/mol. The molecule has 2 rings (SSSR count). The van der Waals surface area contributed by atoms with Gasteiger partial charge in [0.25, 0.3) is 0 Å². The first-order valence-electron chi connectivity index (χ1n) is 4.22. The second-order valence-electron chi connectivity index (χ2n) is 3.29. The van der Waals surface area contributed by atoms with Crippen LogP contribution < -0.4 is 0 Å². The van der Waals surface area contributed by atoms with Gasteiger partial charge in [0.1, 0.15) is 5.82 Å². The fourth-order valence-corrected chi connectivity index (χ4v) is 2.78. The molecule has 0 radical (unpaired) electrons. The van der Waals surface area contributed by atoms with Gasteiger partial charge in [-0.2, -0.15) is 0 Å². The Labute approximate surface area is 82.0 Å². The highest BCUT2D eigenvalue weighted by Crippen LogP contribution is 2.22. The van der Waals surface area contributed by atoms with E-state index in [-0.39, 0.29) is 17.3 Å². The molecule has 1 heterocycles. The van der Waals surface area contributed by atoms with Crippen LogP contribution >= 0.6 is 0 Å². The highest BCUT2D eigenvalue weighted by molar-refractivity contribution is 7.92. The minimum atomic E-state index is -2.94. The maximum atomic E-state index is 12.6. The lowest BCUT2D eigenvalue weighted by molar-refractivity contribution is 0.603. The van der Waals surface area contributed by atoms with Crippen molar-refractivity contribution in [2.75, 3.05) is 11.5 Å². The van der Waals surface area contributed by atoms with Crippen LogP contribution in [0.15, 0.2) is 30.3 Å². The van der Waals surface area contributed by atoms with E-state index in [1.54, 1.807) is 18.2 Å². The van der Waals surface area contributed by atoms with Crippen LogP contribution in [0.3, 0.4) is 0 Å². The molecule has 0 fully saturated rings. The Morgan fingerprint density at radius 2 is 1.79 bits per heavy atom. The molecule has 14 heavy (non-hydrogen) atoms. The van der Waals surface area contributed by atoms with Crippen LogP contribution in [0.1, 0.15) is 5.56 Å².